The summed E-state index contributed by atoms with van der Waals surface area (Å²) in [7, 11) is 0. The van der Waals surface area contributed by atoms with E-state index in [0.717, 1.165) is 24.8 Å². The zero-order valence-corrected chi connectivity index (χ0v) is 13.5. The Bertz CT molecular complexity index is 764. The average Bonchev–Trinajstić information content (AvgIpc) is 2.50. The topological polar surface area (TPSA) is 66.9 Å². The summed E-state index contributed by atoms with van der Waals surface area (Å²) in [4.78, 5) is 26.9. The minimum Gasteiger partial charge on any atom is -0.356 e. The smallest absolute Gasteiger partial charge is 0.262 e. The highest BCUT2D eigenvalue weighted by atomic mass is 32.1. The van der Waals surface area contributed by atoms with Gasteiger partial charge in [0.15, 0.2) is 4.77 Å². The van der Waals surface area contributed by atoms with Gasteiger partial charge in [0.1, 0.15) is 0 Å². The van der Waals surface area contributed by atoms with Crippen LogP contribution in [-0.4, -0.2) is 22.0 Å². The molecule has 1 amide bonds. The molecule has 0 fully saturated rings. The lowest BCUT2D eigenvalue weighted by molar-refractivity contribution is -0.121. The Kier molecular flexibility index (Phi) is 5.89. The number of aromatic nitrogens is 2. The monoisotopic (exact) mass is 319 g/mol. The highest BCUT2D eigenvalue weighted by Gasteiger charge is 2.05. The molecule has 2 N–H and O–H groups in total. The van der Waals surface area contributed by atoms with E-state index in [9.17, 15) is 9.59 Å². The highest BCUT2D eigenvalue weighted by Crippen LogP contribution is 2.07. The Labute approximate surface area is 134 Å². The van der Waals surface area contributed by atoms with Gasteiger partial charge < -0.3 is 10.3 Å². The molecule has 1 aromatic heterocycles. The van der Waals surface area contributed by atoms with Gasteiger partial charge in [-0.2, -0.15) is 0 Å². The zero-order valence-electron chi connectivity index (χ0n) is 12.7. The fraction of sp³-hybridized carbons (Fsp3) is 0.438. The van der Waals surface area contributed by atoms with Crippen molar-refractivity contribution in [1.82, 2.24) is 14.9 Å². The van der Waals surface area contributed by atoms with Crippen LogP contribution in [0.15, 0.2) is 29.1 Å². The molecule has 2 aromatic rings. The first-order chi connectivity index (χ1) is 10.6. The lowest BCUT2D eigenvalue weighted by Gasteiger charge is -2.08. The van der Waals surface area contributed by atoms with Crippen LogP contribution in [0.1, 0.15) is 32.6 Å². The highest BCUT2D eigenvalue weighted by molar-refractivity contribution is 7.71. The molecule has 1 heterocycles. The predicted octanol–water partition coefficient (Wildman–Crippen LogP) is 2.76. The number of nitrogens with zero attached hydrogens (tertiary/aromatic N) is 1. The van der Waals surface area contributed by atoms with E-state index in [1.807, 2.05) is 25.1 Å². The van der Waals surface area contributed by atoms with Gasteiger partial charge in [-0.05, 0) is 44.1 Å². The Morgan fingerprint density at radius 3 is 2.82 bits per heavy atom. The molecule has 0 saturated carbocycles. The molecule has 118 valence electrons. The fourth-order valence-corrected chi connectivity index (χ4v) is 2.70. The number of unbranched alkanes of at least 4 members (excludes halogenated alkanes) is 2. The number of rotatable bonds is 7. The van der Waals surface area contributed by atoms with Crippen molar-refractivity contribution in [2.45, 2.75) is 39.2 Å². The molecular weight excluding hydrogens is 298 g/mol. The summed E-state index contributed by atoms with van der Waals surface area (Å²) in [5, 5.41) is 3.43. The Morgan fingerprint density at radius 2 is 2.05 bits per heavy atom. The second-order valence-corrected chi connectivity index (χ2v) is 5.58. The summed E-state index contributed by atoms with van der Waals surface area (Å²) >= 11 is 5.26. The van der Waals surface area contributed by atoms with E-state index >= 15 is 0 Å². The Morgan fingerprint density at radius 1 is 1.27 bits per heavy atom. The molecule has 0 bridgehead atoms. The number of aromatic amines is 1. The molecule has 2 rings (SSSR count). The molecule has 1 aromatic carbocycles. The van der Waals surface area contributed by atoms with Gasteiger partial charge in [0.2, 0.25) is 5.91 Å². The lowest BCUT2D eigenvalue weighted by Crippen LogP contribution is -2.23. The van der Waals surface area contributed by atoms with Gasteiger partial charge in [-0.1, -0.05) is 18.6 Å². The van der Waals surface area contributed by atoms with E-state index in [1.165, 1.54) is 0 Å². The van der Waals surface area contributed by atoms with Crippen LogP contribution in [0, 0.1) is 4.77 Å². The normalized spacial score (nSPS) is 10.8. The summed E-state index contributed by atoms with van der Waals surface area (Å²) in [5.74, 6) is 0.0858. The maximum absolute atomic E-state index is 12.4. The first-order valence-corrected chi connectivity index (χ1v) is 8.03. The Balaban J connectivity index is 1.96. The van der Waals surface area contributed by atoms with Crippen molar-refractivity contribution < 1.29 is 4.79 Å². The minimum atomic E-state index is -0.0527. The van der Waals surface area contributed by atoms with Crippen LogP contribution >= 0.6 is 12.2 Å². The number of nitrogens with one attached hydrogen (secondary N) is 2. The van der Waals surface area contributed by atoms with Crippen LogP contribution in [0.2, 0.25) is 0 Å². The molecule has 5 nitrogen and oxygen atoms in total. The van der Waals surface area contributed by atoms with Crippen molar-refractivity contribution in [3.8, 4) is 0 Å². The van der Waals surface area contributed by atoms with Crippen molar-refractivity contribution in [2.24, 2.45) is 0 Å². The van der Waals surface area contributed by atoms with Crippen LogP contribution in [0.3, 0.4) is 0 Å². The van der Waals surface area contributed by atoms with Crippen LogP contribution in [-0.2, 0) is 11.3 Å². The third kappa shape index (κ3) is 4.04. The van der Waals surface area contributed by atoms with E-state index in [-0.39, 0.29) is 11.5 Å². The lowest BCUT2D eigenvalue weighted by atomic mass is 10.2. The predicted molar refractivity (Wildman–Crippen MR) is 90.5 cm³/mol. The third-order valence-corrected chi connectivity index (χ3v) is 3.87. The van der Waals surface area contributed by atoms with Crippen molar-refractivity contribution in [3.63, 3.8) is 0 Å². The molecule has 0 saturated heterocycles. The molecule has 0 atom stereocenters. The molecule has 6 heteroatoms. The van der Waals surface area contributed by atoms with Crippen LogP contribution in [0.5, 0.6) is 0 Å². The number of fused-ring (bicyclic) bond motifs is 1. The molecule has 0 spiro atoms. The quantitative estimate of drug-likeness (QED) is 0.609. The summed E-state index contributed by atoms with van der Waals surface area (Å²) < 4.78 is 2.05. The third-order valence-electron chi connectivity index (χ3n) is 3.55. The van der Waals surface area contributed by atoms with E-state index in [4.69, 9.17) is 12.2 Å². The summed E-state index contributed by atoms with van der Waals surface area (Å²) in [6.45, 7) is 3.15. The maximum Gasteiger partial charge on any atom is 0.262 e. The van der Waals surface area contributed by atoms with Crippen molar-refractivity contribution in [3.05, 3.63) is 39.4 Å². The summed E-state index contributed by atoms with van der Waals surface area (Å²) in [6, 6.07) is 7.37. The Hall–Kier alpha value is -1.95. The van der Waals surface area contributed by atoms with E-state index in [2.05, 4.69) is 10.3 Å². The van der Waals surface area contributed by atoms with Crippen LogP contribution in [0.25, 0.3) is 10.9 Å². The molecule has 0 aliphatic carbocycles. The number of hydrogen-bond acceptors (Lipinski definition) is 3. The average molecular weight is 319 g/mol. The van der Waals surface area contributed by atoms with Gasteiger partial charge in [0.05, 0.1) is 10.9 Å². The van der Waals surface area contributed by atoms with Crippen LogP contribution in [0.4, 0.5) is 0 Å². The van der Waals surface area contributed by atoms with E-state index in [1.54, 1.807) is 10.6 Å². The first kappa shape index (κ1) is 16.4. The largest absolute Gasteiger partial charge is 0.356 e. The number of benzene rings is 1. The second kappa shape index (κ2) is 7.89. The number of carbonyl (C=O) groups is 1. The maximum atomic E-state index is 12.4. The van der Waals surface area contributed by atoms with Gasteiger partial charge in [-0.15, -0.1) is 0 Å². The number of hydrogen-bond donors (Lipinski definition) is 2. The minimum absolute atomic E-state index is 0.0527. The number of carbonyl (C=O) groups excluding carboxylic acids is 1. The van der Waals surface area contributed by atoms with Crippen molar-refractivity contribution in [2.75, 3.05) is 6.54 Å². The molecule has 0 radical (unpaired) electrons. The van der Waals surface area contributed by atoms with E-state index < -0.39 is 0 Å². The summed E-state index contributed by atoms with van der Waals surface area (Å²) in [5.41, 5.74) is 0.716. The molecule has 0 unspecified atom stereocenters. The second-order valence-electron chi connectivity index (χ2n) is 5.20. The van der Waals surface area contributed by atoms with Crippen molar-refractivity contribution in [1.29, 1.82) is 0 Å². The SMILES string of the molecule is CCNC(=O)CCCCCn1c(=S)[nH]c2ccccc2c1=O. The van der Waals surface area contributed by atoms with Gasteiger partial charge >= 0.3 is 0 Å². The van der Waals surface area contributed by atoms with Gasteiger partial charge in [-0.25, -0.2) is 0 Å². The molecule has 0 aliphatic rings. The number of H-pyrrole nitrogens is 1. The number of amides is 1. The molecule has 22 heavy (non-hydrogen) atoms. The zero-order chi connectivity index (χ0) is 15.9. The van der Waals surface area contributed by atoms with E-state index in [0.29, 0.717) is 29.7 Å². The van der Waals surface area contributed by atoms with Crippen LogP contribution < -0.4 is 10.9 Å². The summed E-state index contributed by atoms with van der Waals surface area (Å²) in [6.07, 6.45) is 3.08. The molecular formula is C16H21N3O2S. The standard InChI is InChI=1S/C16H21N3O2S/c1-2-17-14(20)10-4-3-7-11-19-15(21)12-8-5-6-9-13(12)18-16(19)22/h5-6,8-9H,2-4,7,10-11H2,1H3,(H,17,20)(H,18,22). The number of para-hydroxylation sites is 1. The molecule has 0 aliphatic heterocycles. The van der Waals surface area contributed by atoms with Gasteiger partial charge in [-0.3, -0.25) is 14.2 Å². The first-order valence-electron chi connectivity index (χ1n) is 7.62. The van der Waals surface area contributed by atoms with Gasteiger partial charge in [0, 0.05) is 19.5 Å². The fourth-order valence-electron chi connectivity index (χ4n) is 2.42. The van der Waals surface area contributed by atoms with Gasteiger partial charge in [0.25, 0.3) is 5.56 Å². The van der Waals surface area contributed by atoms with Crippen molar-refractivity contribution >= 4 is 29.0 Å².